The van der Waals surface area contributed by atoms with Crippen molar-refractivity contribution in [1.29, 1.82) is 0 Å². The van der Waals surface area contributed by atoms with Crippen LogP contribution in [0.2, 0.25) is 0 Å². The Morgan fingerprint density at radius 1 is 1.50 bits per heavy atom. The van der Waals surface area contributed by atoms with E-state index in [4.69, 9.17) is 0 Å². The predicted molar refractivity (Wildman–Crippen MR) is 60.2 cm³/mol. The topological polar surface area (TPSA) is 73.3 Å². The van der Waals surface area contributed by atoms with Crippen LogP contribution in [-0.4, -0.2) is 23.1 Å². The molecular weight excluding hydrogens is 234 g/mol. The Balaban J connectivity index is 1.98. The van der Waals surface area contributed by atoms with E-state index in [0.717, 1.165) is 25.7 Å². The molecule has 6 nitrogen and oxygen atoms in total. The third kappa shape index (κ3) is 2.63. The molecule has 2 rings (SSSR count). The third-order valence-electron chi connectivity index (χ3n) is 3.59. The van der Waals surface area contributed by atoms with Gasteiger partial charge in [-0.05, 0) is 12.8 Å². The largest absolute Gasteiger partial charge is 0.539 e. The van der Waals surface area contributed by atoms with Gasteiger partial charge in [-0.2, -0.15) is 0 Å². The van der Waals surface area contributed by atoms with Gasteiger partial charge in [-0.1, -0.05) is 23.9 Å². The Kier molecular flexibility index (Phi) is 3.84. The zero-order valence-electron chi connectivity index (χ0n) is 10.9. The minimum atomic E-state index is -0.471. The van der Waals surface area contributed by atoms with E-state index in [2.05, 4.69) is 9.79 Å². The Hall–Kier alpha value is -1.59. The molecule has 0 N–H and O–H groups in total. The Morgan fingerprint density at radius 2 is 2.17 bits per heavy atom. The van der Waals surface area contributed by atoms with E-state index in [9.17, 15) is 9.90 Å². The van der Waals surface area contributed by atoms with Crippen molar-refractivity contribution in [3.8, 4) is 5.95 Å². The highest BCUT2D eigenvalue weighted by atomic mass is 16.6. The molecule has 0 unspecified atom stereocenters. The molecule has 1 aromatic heterocycles. The molecule has 0 aliphatic heterocycles. The van der Waals surface area contributed by atoms with Crippen LogP contribution < -0.4 is 9.79 Å². The van der Waals surface area contributed by atoms with Crippen molar-refractivity contribution in [3.63, 3.8) is 0 Å². The summed E-state index contributed by atoms with van der Waals surface area (Å²) in [4.78, 5) is 13.8. The summed E-state index contributed by atoms with van der Waals surface area (Å²) in [6, 6.07) is 0. The first-order chi connectivity index (χ1) is 8.59. The van der Waals surface area contributed by atoms with Crippen molar-refractivity contribution < 1.29 is 19.1 Å². The quantitative estimate of drug-likeness (QED) is 0.717. The highest BCUT2D eigenvalue weighted by molar-refractivity contribution is 5.78. The van der Waals surface area contributed by atoms with Gasteiger partial charge in [0, 0.05) is 13.0 Å². The molecule has 1 amide bonds. The fourth-order valence-electron chi connectivity index (χ4n) is 2.46. The smallest absolute Gasteiger partial charge is 0.252 e. The summed E-state index contributed by atoms with van der Waals surface area (Å²) >= 11 is 0. The van der Waals surface area contributed by atoms with Crippen LogP contribution >= 0.6 is 0 Å². The molecule has 1 aliphatic carbocycles. The standard InChI is InChI=1S/C12H19N3O3/c1-14(8-10-12(17)18-13-15(10)2)11(16)9-6-4-3-5-7-9/h9H,3-8H2,1-2H3. The second-order valence-electron chi connectivity index (χ2n) is 4.96. The fraction of sp³-hybridized carbons (Fsp3) is 0.750. The van der Waals surface area contributed by atoms with E-state index in [1.807, 2.05) is 0 Å². The SMILES string of the molecule is CN(Cc1c([O-])on[n+]1C)C(=O)C1CCCCC1. The first-order valence-corrected chi connectivity index (χ1v) is 6.36. The average molecular weight is 253 g/mol. The molecule has 0 aromatic carbocycles. The van der Waals surface area contributed by atoms with E-state index in [0.29, 0.717) is 5.69 Å². The van der Waals surface area contributed by atoms with Crippen molar-refractivity contribution in [1.82, 2.24) is 10.2 Å². The number of carbonyl (C=O) groups is 1. The minimum absolute atomic E-state index is 0.115. The molecule has 1 fully saturated rings. The summed E-state index contributed by atoms with van der Waals surface area (Å²) in [6.45, 7) is 0.258. The number of aryl methyl sites for hydroxylation is 1. The van der Waals surface area contributed by atoms with E-state index in [1.165, 1.54) is 11.1 Å². The predicted octanol–water partition coefficient (Wildman–Crippen LogP) is 0.111. The van der Waals surface area contributed by atoms with E-state index < -0.39 is 5.95 Å². The van der Waals surface area contributed by atoms with Crippen LogP contribution in [0.3, 0.4) is 0 Å². The van der Waals surface area contributed by atoms with Gasteiger partial charge in [0.1, 0.15) is 6.54 Å². The molecule has 0 saturated heterocycles. The number of hydrogen-bond donors (Lipinski definition) is 0. The van der Waals surface area contributed by atoms with E-state index in [1.54, 1.807) is 19.0 Å². The van der Waals surface area contributed by atoms with Crippen LogP contribution in [0.25, 0.3) is 0 Å². The van der Waals surface area contributed by atoms with Gasteiger partial charge in [0.15, 0.2) is 13.0 Å². The van der Waals surface area contributed by atoms with Crippen LogP contribution in [0.4, 0.5) is 0 Å². The Morgan fingerprint density at radius 3 is 2.72 bits per heavy atom. The summed E-state index contributed by atoms with van der Waals surface area (Å²) in [6.07, 6.45) is 5.39. The fourth-order valence-corrected chi connectivity index (χ4v) is 2.46. The summed E-state index contributed by atoms with van der Waals surface area (Å²) in [5.41, 5.74) is 0.404. The molecule has 0 spiro atoms. The average Bonchev–Trinajstić information content (AvgIpc) is 2.70. The Labute approximate surface area is 106 Å². The molecule has 1 saturated carbocycles. The molecule has 100 valence electrons. The number of rotatable bonds is 3. The lowest BCUT2D eigenvalue weighted by Crippen LogP contribution is -2.40. The highest BCUT2D eigenvalue weighted by Gasteiger charge is 2.26. The van der Waals surface area contributed by atoms with Gasteiger partial charge in [0.2, 0.25) is 5.91 Å². The summed E-state index contributed by atoms with van der Waals surface area (Å²) < 4.78 is 5.92. The molecule has 0 radical (unpaired) electrons. The van der Waals surface area contributed by atoms with Crippen LogP contribution in [0.1, 0.15) is 37.8 Å². The number of amides is 1. The lowest BCUT2D eigenvalue weighted by molar-refractivity contribution is -0.746. The number of hydrogen-bond acceptors (Lipinski definition) is 4. The highest BCUT2D eigenvalue weighted by Crippen LogP contribution is 2.25. The van der Waals surface area contributed by atoms with E-state index in [-0.39, 0.29) is 18.4 Å². The molecule has 0 bridgehead atoms. The zero-order valence-corrected chi connectivity index (χ0v) is 10.9. The molecule has 1 heterocycles. The van der Waals surface area contributed by atoms with Gasteiger partial charge < -0.3 is 14.5 Å². The lowest BCUT2D eigenvalue weighted by atomic mass is 9.88. The van der Waals surface area contributed by atoms with Gasteiger partial charge in [0.25, 0.3) is 5.69 Å². The molecule has 1 aromatic rings. The maximum absolute atomic E-state index is 12.2. The van der Waals surface area contributed by atoms with Crippen molar-refractivity contribution in [2.75, 3.05) is 7.05 Å². The van der Waals surface area contributed by atoms with Crippen molar-refractivity contribution in [3.05, 3.63) is 5.69 Å². The normalized spacial score (nSPS) is 16.8. The number of nitrogens with zero attached hydrogens (tertiary/aromatic N) is 3. The first-order valence-electron chi connectivity index (χ1n) is 6.36. The third-order valence-corrected chi connectivity index (χ3v) is 3.59. The monoisotopic (exact) mass is 253 g/mol. The zero-order chi connectivity index (χ0) is 13.1. The van der Waals surface area contributed by atoms with Crippen molar-refractivity contribution in [2.24, 2.45) is 13.0 Å². The number of carbonyl (C=O) groups excluding carboxylic acids is 1. The molecule has 18 heavy (non-hydrogen) atoms. The van der Waals surface area contributed by atoms with Gasteiger partial charge in [-0.25, -0.2) is 0 Å². The summed E-state index contributed by atoms with van der Waals surface area (Å²) in [7, 11) is 3.36. The van der Waals surface area contributed by atoms with Crippen molar-refractivity contribution >= 4 is 5.91 Å². The molecule has 0 atom stereocenters. The maximum atomic E-state index is 12.2. The second-order valence-corrected chi connectivity index (χ2v) is 4.96. The van der Waals surface area contributed by atoms with Crippen LogP contribution in [0, 0.1) is 5.92 Å². The van der Waals surface area contributed by atoms with Gasteiger partial charge in [-0.3, -0.25) is 4.79 Å². The summed E-state index contributed by atoms with van der Waals surface area (Å²) in [5.74, 6) is -0.236. The van der Waals surface area contributed by atoms with Gasteiger partial charge in [-0.15, -0.1) is 0 Å². The number of aromatic nitrogens is 2. The van der Waals surface area contributed by atoms with Gasteiger partial charge in [0.05, 0.1) is 5.27 Å². The van der Waals surface area contributed by atoms with Crippen LogP contribution in [-0.2, 0) is 18.4 Å². The molecule has 6 heteroatoms. The van der Waals surface area contributed by atoms with Gasteiger partial charge >= 0.3 is 0 Å². The van der Waals surface area contributed by atoms with E-state index >= 15 is 0 Å². The minimum Gasteiger partial charge on any atom is -0.539 e. The maximum Gasteiger partial charge on any atom is 0.252 e. The second kappa shape index (κ2) is 5.37. The summed E-state index contributed by atoms with van der Waals surface area (Å²) in [5, 5.41) is 14.9. The van der Waals surface area contributed by atoms with Crippen molar-refractivity contribution in [2.45, 2.75) is 38.6 Å². The molecule has 1 aliphatic rings. The molecular formula is C12H19N3O3. The first kappa shape index (κ1) is 12.9. The van der Waals surface area contributed by atoms with Crippen LogP contribution in [0.15, 0.2) is 4.52 Å². The van der Waals surface area contributed by atoms with Crippen LogP contribution in [0.5, 0.6) is 5.95 Å². The Bertz CT molecular complexity index is 405. The lowest BCUT2D eigenvalue weighted by Gasteiger charge is -2.25.